The van der Waals surface area contributed by atoms with E-state index in [2.05, 4.69) is 28.9 Å². The molecule has 0 bridgehead atoms. The van der Waals surface area contributed by atoms with Gasteiger partial charge < -0.3 is 14.2 Å². The largest absolute Gasteiger partial charge is 0.381 e. The van der Waals surface area contributed by atoms with Gasteiger partial charge in [0, 0.05) is 45.3 Å². The topological polar surface area (TPSA) is 71.7 Å². The normalized spacial score (nSPS) is 23.8. The molecule has 2 aliphatic rings. The Labute approximate surface area is 149 Å². The summed E-state index contributed by atoms with van der Waals surface area (Å²) in [6.45, 7) is 11.0. The minimum absolute atomic E-state index is 0.0186. The maximum absolute atomic E-state index is 13.0. The Bertz CT molecular complexity index is 568. The molecule has 7 heteroatoms. The lowest BCUT2D eigenvalue weighted by Gasteiger charge is -2.32. The average molecular weight is 350 g/mol. The molecule has 3 heterocycles. The molecule has 0 N–H and O–H groups in total. The Balaban J connectivity index is 1.77. The van der Waals surface area contributed by atoms with E-state index in [1.54, 1.807) is 0 Å². The monoisotopic (exact) mass is 350 g/mol. The molecule has 140 valence electrons. The first-order chi connectivity index (χ1) is 12.0. The number of carbonyl (C=O) groups excluding carboxylic acids is 1. The van der Waals surface area contributed by atoms with Gasteiger partial charge in [0.1, 0.15) is 6.04 Å². The van der Waals surface area contributed by atoms with Crippen molar-refractivity contribution >= 4 is 5.91 Å². The third kappa shape index (κ3) is 4.58. The zero-order chi connectivity index (χ0) is 17.8. The number of hydrogen-bond acceptors (Lipinski definition) is 6. The lowest BCUT2D eigenvalue weighted by molar-refractivity contribution is -0.139. The second-order valence-corrected chi connectivity index (χ2v) is 7.61. The summed E-state index contributed by atoms with van der Waals surface area (Å²) in [7, 11) is 0. The zero-order valence-electron chi connectivity index (χ0n) is 15.6. The van der Waals surface area contributed by atoms with E-state index in [0.717, 1.165) is 38.9 Å². The molecule has 25 heavy (non-hydrogen) atoms. The maximum atomic E-state index is 13.0. The van der Waals surface area contributed by atoms with Crippen molar-refractivity contribution in [2.45, 2.75) is 46.1 Å². The molecule has 3 rings (SSSR count). The van der Waals surface area contributed by atoms with E-state index in [1.807, 2.05) is 11.8 Å². The fourth-order valence-corrected chi connectivity index (χ4v) is 3.81. The van der Waals surface area contributed by atoms with Crippen molar-refractivity contribution < 1.29 is 14.1 Å². The highest BCUT2D eigenvalue weighted by Crippen LogP contribution is 2.27. The van der Waals surface area contributed by atoms with Crippen LogP contribution in [0.2, 0.25) is 0 Å². The predicted octanol–water partition coefficient (Wildman–Crippen LogP) is 2.04. The first kappa shape index (κ1) is 18.3. The lowest BCUT2D eigenvalue weighted by Crippen LogP contribution is -2.42. The van der Waals surface area contributed by atoms with Crippen LogP contribution in [0.5, 0.6) is 0 Å². The van der Waals surface area contributed by atoms with Gasteiger partial charge in [-0.15, -0.1) is 0 Å². The van der Waals surface area contributed by atoms with Crippen LogP contribution in [0.3, 0.4) is 0 Å². The summed E-state index contributed by atoms with van der Waals surface area (Å²) in [6, 6.07) is -0.0186. The van der Waals surface area contributed by atoms with Crippen LogP contribution in [0, 0.1) is 18.8 Å². The van der Waals surface area contributed by atoms with Crippen molar-refractivity contribution in [2.24, 2.45) is 11.8 Å². The van der Waals surface area contributed by atoms with Gasteiger partial charge in [-0.05, 0) is 32.1 Å². The summed E-state index contributed by atoms with van der Waals surface area (Å²) >= 11 is 0. The van der Waals surface area contributed by atoms with Gasteiger partial charge in [0.05, 0.1) is 0 Å². The molecular formula is C18H30N4O3. The fraction of sp³-hybridized carbons (Fsp3) is 0.833. The first-order valence-electron chi connectivity index (χ1n) is 9.45. The van der Waals surface area contributed by atoms with Gasteiger partial charge in [0.2, 0.25) is 11.8 Å². The number of rotatable bonds is 4. The summed E-state index contributed by atoms with van der Waals surface area (Å²) in [6.07, 6.45) is 2.63. The van der Waals surface area contributed by atoms with Crippen molar-refractivity contribution in [1.29, 1.82) is 0 Å². The van der Waals surface area contributed by atoms with Crippen LogP contribution in [0.25, 0.3) is 0 Å². The van der Waals surface area contributed by atoms with E-state index >= 15 is 0 Å². The van der Waals surface area contributed by atoms with Crippen LogP contribution in [0.4, 0.5) is 0 Å². The van der Waals surface area contributed by atoms with Gasteiger partial charge in [-0.2, -0.15) is 4.98 Å². The van der Waals surface area contributed by atoms with Crippen LogP contribution in [0.15, 0.2) is 4.52 Å². The Morgan fingerprint density at radius 1 is 1.28 bits per heavy atom. The lowest BCUT2D eigenvalue weighted by atomic mass is 9.98. The van der Waals surface area contributed by atoms with Crippen LogP contribution >= 0.6 is 0 Å². The number of aromatic nitrogens is 2. The number of amides is 1. The highest BCUT2D eigenvalue weighted by molar-refractivity contribution is 5.79. The van der Waals surface area contributed by atoms with Gasteiger partial charge in [-0.1, -0.05) is 19.0 Å². The molecule has 0 aromatic carbocycles. The molecule has 1 amide bonds. The van der Waals surface area contributed by atoms with Gasteiger partial charge in [-0.3, -0.25) is 9.69 Å². The van der Waals surface area contributed by atoms with Crippen molar-refractivity contribution in [1.82, 2.24) is 19.9 Å². The van der Waals surface area contributed by atoms with Crippen molar-refractivity contribution in [3.63, 3.8) is 0 Å². The first-order valence-corrected chi connectivity index (χ1v) is 9.45. The van der Waals surface area contributed by atoms with E-state index in [0.29, 0.717) is 37.4 Å². The van der Waals surface area contributed by atoms with E-state index in [1.165, 1.54) is 0 Å². The zero-order valence-corrected chi connectivity index (χ0v) is 15.6. The molecule has 7 nitrogen and oxygen atoms in total. The predicted molar refractivity (Wildman–Crippen MR) is 92.9 cm³/mol. The summed E-state index contributed by atoms with van der Waals surface area (Å²) in [5.74, 6) is 2.17. The van der Waals surface area contributed by atoms with Gasteiger partial charge in [0.15, 0.2) is 5.82 Å². The SMILES string of the molecule is Cc1noc(C2CN(C(=O)C3CCOCC3)CCCN2CC(C)C)n1. The maximum Gasteiger partial charge on any atom is 0.245 e. The second kappa shape index (κ2) is 8.27. The Hall–Kier alpha value is -1.47. The summed E-state index contributed by atoms with van der Waals surface area (Å²) < 4.78 is 10.9. The Morgan fingerprint density at radius 2 is 2.04 bits per heavy atom. The van der Waals surface area contributed by atoms with Crippen LogP contribution in [-0.4, -0.2) is 65.2 Å². The molecule has 0 aliphatic carbocycles. The molecule has 2 aliphatic heterocycles. The molecule has 1 aromatic heterocycles. The highest BCUT2D eigenvalue weighted by atomic mass is 16.5. The molecule has 0 saturated carbocycles. The molecular weight excluding hydrogens is 320 g/mol. The van der Waals surface area contributed by atoms with Crippen molar-refractivity contribution in [3.8, 4) is 0 Å². The van der Waals surface area contributed by atoms with E-state index in [9.17, 15) is 4.79 Å². The molecule has 1 atom stereocenters. The number of ether oxygens (including phenoxy) is 1. The standard InChI is InChI=1S/C18H30N4O3/c1-13(2)11-21-7-4-8-22(18(23)15-5-9-24-10-6-15)12-16(21)17-19-14(3)20-25-17/h13,15-16H,4-12H2,1-3H3. The molecule has 0 spiro atoms. The third-order valence-corrected chi connectivity index (χ3v) is 5.02. The summed E-state index contributed by atoms with van der Waals surface area (Å²) in [4.78, 5) is 21.9. The molecule has 0 radical (unpaired) electrons. The number of aryl methyl sites for hydroxylation is 1. The third-order valence-electron chi connectivity index (χ3n) is 5.02. The molecule has 2 fully saturated rings. The minimum Gasteiger partial charge on any atom is -0.381 e. The van der Waals surface area contributed by atoms with Crippen LogP contribution in [0.1, 0.15) is 50.9 Å². The van der Waals surface area contributed by atoms with Crippen molar-refractivity contribution in [2.75, 3.05) is 39.4 Å². The van der Waals surface area contributed by atoms with Crippen molar-refractivity contribution in [3.05, 3.63) is 11.7 Å². The number of carbonyl (C=O) groups is 1. The fourth-order valence-electron chi connectivity index (χ4n) is 3.81. The smallest absolute Gasteiger partial charge is 0.245 e. The van der Waals surface area contributed by atoms with Crippen LogP contribution < -0.4 is 0 Å². The second-order valence-electron chi connectivity index (χ2n) is 7.61. The summed E-state index contributed by atoms with van der Waals surface area (Å²) in [5.41, 5.74) is 0. The molecule has 1 aromatic rings. The van der Waals surface area contributed by atoms with E-state index in [-0.39, 0.29) is 17.9 Å². The number of hydrogen-bond donors (Lipinski definition) is 0. The Kier molecular flexibility index (Phi) is 6.06. The Morgan fingerprint density at radius 3 is 2.68 bits per heavy atom. The molecule has 1 unspecified atom stereocenters. The quantitative estimate of drug-likeness (QED) is 0.827. The van der Waals surface area contributed by atoms with E-state index in [4.69, 9.17) is 9.26 Å². The average Bonchev–Trinajstić information content (AvgIpc) is 2.92. The highest BCUT2D eigenvalue weighted by Gasteiger charge is 2.35. The van der Waals surface area contributed by atoms with Gasteiger partial charge in [0.25, 0.3) is 0 Å². The summed E-state index contributed by atoms with van der Waals surface area (Å²) in [5, 5.41) is 3.96. The van der Waals surface area contributed by atoms with Crippen LogP contribution in [-0.2, 0) is 9.53 Å². The van der Waals surface area contributed by atoms with E-state index < -0.39 is 0 Å². The van der Waals surface area contributed by atoms with Gasteiger partial charge in [-0.25, -0.2) is 0 Å². The molecule has 2 saturated heterocycles. The van der Waals surface area contributed by atoms with Gasteiger partial charge >= 0.3 is 0 Å². The minimum atomic E-state index is -0.0186. The number of nitrogens with zero attached hydrogens (tertiary/aromatic N) is 4.